The van der Waals surface area contributed by atoms with Gasteiger partial charge in [0.2, 0.25) is 5.95 Å². The molecule has 0 unspecified atom stereocenters. The molecule has 9 heteroatoms. The van der Waals surface area contributed by atoms with Crippen molar-refractivity contribution in [3.05, 3.63) is 52.2 Å². The lowest BCUT2D eigenvalue weighted by Crippen LogP contribution is -2.42. The van der Waals surface area contributed by atoms with Crippen LogP contribution in [0.4, 0.5) is 21.7 Å². The highest BCUT2D eigenvalue weighted by Crippen LogP contribution is 2.31. The van der Waals surface area contributed by atoms with Crippen LogP contribution in [0, 0.1) is 17.1 Å². The average Bonchev–Trinajstić information content (AvgIpc) is 3.38. The van der Waals surface area contributed by atoms with Crippen molar-refractivity contribution in [2.75, 3.05) is 37.4 Å². The molecule has 1 saturated carbocycles. The van der Waals surface area contributed by atoms with Crippen molar-refractivity contribution in [2.24, 2.45) is 0 Å². The van der Waals surface area contributed by atoms with Crippen molar-refractivity contribution in [3.8, 4) is 6.07 Å². The third-order valence-electron chi connectivity index (χ3n) is 7.32. The summed E-state index contributed by atoms with van der Waals surface area (Å²) in [7, 11) is 4.18. The second-order valence-corrected chi connectivity index (χ2v) is 9.73. The minimum Gasteiger partial charge on any atom is -0.369 e. The van der Waals surface area contributed by atoms with Crippen LogP contribution in [-0.2, 0) is 0 Å². The number of hydrogen-bond acceptors (Lipinski definition) is 7. The number of nitrogens with zero attached hydrogens (tertiary/aromatic N) is 6. The zero-order valence-corrected chi connectivity index (χ0v) is 20.2. The van der Waals surface area contributed by atoms with Crippen molar-refractivity contribution in [3.63, 3.8) is 0 Å². The average molecular weight is 476 g/mol. The van der Waals surface area contributed by atoms with E-state index in [0.717, 1.165) is 51.6 Å². The Balaban J connectivity index is 1.41. The fourth-order valence-corrected chi connectivity index (χ4v) is 5.36. The van der Waals surface area contributed by atoms with Crippen molar-refractivity contribution in [2.45, 2.75) is 50.6 Å². The number of nitriles is 1. The number of rotatable bonds is 5. The standard InChI is InChI=1S/C26H30FN7O/c1-32(2)20-9-11-33(12-10-20)23-8-7-19(14-22(23)27)30-26-29-16-18-13-17(15-28)25(35)34(24(18)31-26)21-5-3-4-6-21/h7-8,13-14,16,20-21H,3-6,9-12H2,1-2H3,(H,29,30,31). The molecule has 35 heavy (non-hydrogen) atoms. The Morgan fingerprint density at radius 2 is 1.89 bits per heavy atom. The van der Waals surface area contributed by atoms with E-state index in [2.05, 4.69) is 39.2 Å². The molecule has 3 heterocycles. The molecular formula is C26H30FN7O. The van der Waals surface area contributed by atoms with Gasteiger partial charge in [0.25, 0.3) is 5.56 Å². The van der Waals surface area contributed by atoms with Crippen LogP contribution < -0.4 is 15.8 Å². The molecule has 1 aromatic carbocycles. The normalized spacial score (nSPS) is 17.3. The fourth-order valence-electron chi connectivity index (χ4n) is 5.36. The number of aromatic nitrogens is 3. The van der Waals surface area contributed by atoms with Crippen LogP contribution in [-0.4, -0.2) is 52.7 Å². The number of pyridine rings is 1. The maximum absolute atomic E-state index is 15.0. The van der Waals surface area contributed by atoms with Gasteiger partial charge in [-0.1, -0.05) is 12.8 Å². The summed E-state index contributed by atoms with van der Waals surface area (Å²) in [6, 6.07) is 9.18. The molecule has 1 aliphatic carbocycles. The van der Waals surface area contributed by atoms with Gasteiger partial charge in [-0.25, -0.2) is 9.37 Å². The minimum atomic E-state index is -0.315. The first-order chi connectivity index (χ1) is 16.9. The number of piperidine rings is 1. The number of benzene rings is 1. The molecular weight excluding hydrogens is 445 g/mol. The molecule has 2 fully saturated rings. The highest BCUT2D eigenvalue weighted by atomic mass is 19.1. The fraction of sp³-hybridized carbons (Fsp3) is 0.462. The third kappa shape index (κ3) is 4.58. The van der Waals surface area contributed by atoms with Gasteiger partial charge in [0.05, 0.1) is 5.69 Å². The molecule has 1 saturated heterocycles. The maximum atomic E-state index is 15.0. The molecule has 182 valence electrons. The van der Waals surface area contributed by atoms with Gasteiger partial charge >= 0.3 is 0 Å². The molecule has 0 radical (unpaired) electrons. The maximum Gasteiger partial charge on any atom is 0.270 e. The highest BCUT2D eigenvalue weighted by molar-refractivity contribution is 5.77. The van der Waals surface area contributed by atoms with Gasteiger partial charge in [-0.15, -0.1) is 0 Å². The molecule has 1 N–H and O–H groups in total. The van der Waals surface area contributed by atoms with Gasteiger partial charge in [-0.05, 0) is 64.0 Å². The Labute approximate surface area is 204 Å². The molecule has 2 aliphatic rings. The Kier molecular flexibility index (Phi) is 6.39. The molecule has 3 aromatic rings. The zero-order valence-electron chi connectivity index (χ0n) is 20.2. The lowest BCUT2D eigenvalue weighted by atomic mass is 10.0. The molecule has 0 bridgehead atoms. The smallest absolute Gasteiger partial charge is 0.270 e. The number of nitrogens with one attached hydrogen (secondary N) is 1. The summed E-state index contributed by atoms with van der Waals surface area (Å²) in [5.41, 5.74) is 1.42. The predicted octanol–water partition coefficient (Wildman–Crippen LogP) is 4.19. The Morgan fingerprint density at radius 1 is 1.14 bits per heavy atom. The summed E-state index contributed by atoms with van der Waals surface area (Å²) in [6.07, 6.45) is 7.48. The quantitative estimate of drug-likeness (QED) is 0.592. The van der Waals surface area contributed by atoms with Gasteiger partial charge in [0, 0.05) is 42.4 Å². The molecule has 1 aliphatic heterocycles. The second-order valence-electron chi connectivity index (χ2n) is 9.73. The van der Waals surface area contributed by atoms with E-state index in [1.165, 1.54) is 6.07 Å². The summed E-state index contributed by atoms with van der Waals surface area (Å²) in [5.74, 6) is -0.00656. The number of hydrogen-bond donors (Lipinski definition) is 1. The lowest BCUT2D eigenvalue weighted by Gasteiger charge is -2.36. The first kappa shape index (κ1) is 23.2. The van der Waals surface area contributed by atoms with Crippen molar-refractivity contribution >= 4 is 28.4 Å². The second kappa shape index (κ2) is 9.62. The predicted molar refractivity (Wildman–Crippen MR) is 135 cm³/mol. The topological polar surface area (TPSA) is 90.1 Å². The van der Waals surface area contributed by atoms with Crippen LogP contribution in [0.5, 0.6) is 0 Å². The van der Waals surface area contributed by atoms with Crippen LogP contribution in [0.25, 0.3) is 11.0 Å². The molecule has 0 spiro atoms. The van der Waals surface area contributed by atoms with Crippen LogP contribution in [0.2, 0.25) is 0 Å². The van der Waals surface area contributed by atoms with Crippen LogP contribution in [0.3, 0.4) is 0 Å². The van der Waals surface area contributed by atoms with Gasteiger partial charge < -0.3 is 15.1 Å². The summed E-state index contributed by atoms with van der Waals surface area (Å²) < 4.78 is 16.7. The van der Waals surface area contributed by atoms with E-state index >= 15 is 4.39 Å². The lowest BCUT2D eigenvalue weighted by molar-refractivity contribution is 0.249. The summed E-state index contributed by atoms with van der Waals surface area (Å²) in [4.78, 5) is 26.3. The molecule has 0 amide bonds. The van der Waals surface area contributed by atoms with Crippen LogP contribution >= 0.6 is 0 Å². The minimum absolute atomic E-state index is 0.0226. The van der Waals surface area contributed by atoms with E-state index in [9.17, 15) is 10.1 Å². The monoisotopic (exact) mass is 475 g/mol. The van der Waals surface area contributed by atoms with Gasteiger partial charge in [0.15, 0.2) is 0 Å². The van der Waals surface area contributed by atoms with E-state index in [1.54, 1.807) is 22.9 Å². The van der Waals surface area contributed by atoms with E-state index in [-0.39, 0.29) is 28.9 Å². The molecule has 0 atom stereocenters. The Bertz CT molecular complexity index is 1330. The Hall–Kier alpha value is -3.51. The number of halogens is 1. The first-order valence-electron chi connectivity index (χ1n) is 12.2. The first-order valence-corrected chi connectivity index (χ1v) is 12.2. The molecule has 8 nitrogen and oxygen atoms in total. The van der Waals surface area contributed by atoms with E-state index < -0.39 is 0 Å². The number of fused-ring (bicyclic) bond motifs is 1. The summed E-state index contributed by atoms with van der Waals surface area (Å²) in [6.45, 7) is 1.65. The summed E-state index contributed by atoms with van der Waals surface area (Å²) in [5, 5.41) is 13.1. The van der Waals surface area contributed by atoms with Crippen LogP contribution in [0.15, 0.2) is 35.3 Å². The number of anilines is 3. The van der Waals surface area contributed by atoms with Crippen molar-refractivity contribution in [1.29, 1.82) is 5.26 Å². The van der Waals surface area contributed by atoms with Crippen LogP contribution in [0.1, 0.15) is 50.1 Å². The SMILES string of the molecule is CN(C)C1CCN(c2ccc(Nc3ncc4cc(C#N)c(=O)n(C5CCCC5)c4n3)cc2F)CC1. The molecule has 2 aromatic heterocycles. The van der Waals surface area contributed by atoms with Gasteiger partial charge in [-0.3, -0.25) is 9.36 Å². The third-order valence-corrected chi connectivity index (χ3v) is 7.32. The van der Waals surface area contributed by atoms with Crippen molar-refractivity contribution < 1.29 is 4.39 Å². The molecule has 5 rings (SSSR count). The van der Waals surface area contributed by atoms with Crippen molar-refractivity contribution in [1.82, 2.24) is 19.4 Å². The van der Waals surface area contributed by atoms with E-state index in [0.29, 0.717) is 28.5 Å². The highest BCUT2D eigenvalue weighted by Gasteiger charge is 2.24. The Morgan fingerprint density at radius 3 is 2.54 bits per heavy atom. The zero-order chi connectivity index (χ0) is 24.5. The van der Waals surface area contributed by atoms with E-state index in [1.807, 2.05) is 12.1 Å². The van der Waals surface area contributed by atoms with Gasteiger partial charge in [0.1, 0.15) is 23.1 Å². The van der Waals surface area contributed by atoms with Gasteiger partial charge in [-0.2, -0.15) is 10.2 Å². The largest absolute Gasteiger partial charge is 0.369 e. The summed E-state index contributed by atoms with van der Waals surface area (Å²) >= 11 is 0. The van der Waals surface area contributed by atoms with E-state index in [4.69, 9.17) is 0 Å².